The van der Waals surface area contributed by atoms with Crippen LogP contribution < -0.4 is 10.1 Å². The number of hydrogen-bond donors (Lipinski definition) is 2. The molecule has 1 heterocycles. The molecule has 0 saturated heterocycles. The Balaban J connectivity index is 2.08. The summed E-state index contributed by atoms with van der Waals surface area (Å²) in [5.74, 6) is 0.749. The summed E-state index contributed by atoms with van der Waals surface area (Å²) in [6.07, 6.45) is 2.30. The first kappa shape index (κ1) is 15.2. The highest BCUT2D eigenvalue weighted by atomic mass is 16.5. The van der Waals surface area contributed by atoms with Crippen molar-refractivity contribution in [3.05, 3.63) is 65.9 Å². The molecule has 2 N–H and O–H groups in total. The summed E-state index contributed by atoms with van der Waals surface area (Å²) in [6, 6.07) is 16.2. The molecule has 0 aliphatic carbocycles. The van der Waals surface area contributed by atoms with Crippen molar-refractivity contribution >= 4 is 16.8 Å². The van der Waals surface area contributed by atoms with Crippen molar-refractivity contribution in [3.8, 4) is 5.75 Å². The Labute approximate surface area is 135 Å². The second-order valence-electron chi connectivity index (χ2n) is 5.50. The highest BCUT2D eigenvalue weighted by Crippen LogP contribution is 2.35. The molecule has 3 rings (SSSR count). The summed E-state index contributed by atoms with van der Waals surface area (Å²) < 4.78 is 5.50. The van der Waals surface area contributed by atoms with E-state index in [9.17, 15) is 4.79 Å². The minimum absolute atomic E-state index is 0.00693. The third-order valence-corrected chi connectivity index (χ3v) is 4.16. The van der Waals surface area contributed by atoms with Crippen molar-refractivity contribution in [2.75, 3.05) is 14.2 Å². The molecule has 4 nitrogen and oxygen atoms in total. The Morgan fingerprint density at radius 1 is 1.22 bits per heavy atom. The maximum atomic E-state index is 12.0. The van der Waals surface area contributed by atoms with Crippen molar-refractivity contribution in [2.24, 2.45) is 0 Å². The number of methoxy groups -OCH3 is 1. The molecule has 1 aromatic heterocycles. The zero-order valence-corrected chi connectivity index (χ0v) is 13.3. The molecule has 23 heavy (non-hydrogen) atoms. The number of benzene rings is 2. The minimum atomic E-state index is -0.0567. The number of nitrogens with one attached hydrogen (secondary N) is 2. The quantitative estimate of drug-likeness (QED) is 0.758. The topological polar surface area (TPSA) is 54.1 Å². The average Bonchev–Trinajstić information content (AvgIpc) is 3.07. The highest BCUT2D eigenvalue weighted by molar-refractivity contribution is 5.81. The number of rotatable bonds is 5. The fourth-order valence-corrected chi connectivity index (χ4v) is 2.93. The maximum Gasteiger partial charge on any atom is 0.220 e. The summed E-state index contributed by atoms with van der Waals surface area (Å²) >= 11 is 0. The van der Waals surface area contributed by atoms with Crippen molar-refractivity contribution < 1.29 is 9.53 Å². The van der Waals surface area contributed by atoms with Gasteiger partial charge in [-0.25, -0.2) is 0 Å². The molecule has 1 amide bonds. The number of aromatic amines is 1. The summed E-state index contributed by atoms with van der Waals surface area (Å²) in [5, 5.41) is 3.88. The Morgan fingerprint density at radius 2 is 2.04 bits per heavy atom. The Hall–Kier alpha value is -2.75. The van der Waals surface area contributed by atoms with Crippen molar-refractivity contribution in [3.63, 3.8) is 0 Å². The van der Waals surface area contributed by atoms with Gasteiger partial charge in [-0.3, -0.25) is 4.79 Å². The smallest absolute Gasteiger partial charge is 0.220 e. The predicted molar refractivity (Wildman–Crippen MR) is 91.8 cm³/mol. The van der Waals surface area contributed by atoms with Gasteiger partial charge in [-0.2, -0.15) is 0 Å². The largest absolute Gasteiger partial charge is 0.496 e. The zero-order valence-electron chi connectivity index (χ0n) is 13.3. The number of para-hydroxylation sites is 1. The molecule has 0 bridgehead atoms. The van der Waals surface area contributed by atoms with Crippen molar-refractivity contribution in [1.29, 1.82) is 0 Å². The number of fused-ring (bicyclic) bond motifs is 1. The van der Waals surface area contributed by atoms with Crippen molar-refractivity contribution in [2.45, 2.75) is 12.3 Å². The third kappa shape index (κ3) is 3.06. The molecule has 0 radical (unpaired) electrons. The van der Waals surface area contributed by atoms with Gasteiger partial charge in [0, 0.05) is 36.7 Å². The fraction of sp³-hybridized carbons (Fsp3) is 0.211. The molecule has 0 fully saturated rings. The number of H-pyrrole nitrogens is 1. The standard InChI is InChI=1S/C19H20N2O2/c1-20-19(22)12-16(15-5-3-4-6-18(15)23-2)14-8-7-13-9-10-21-17(13)11-14/h3-11,16,21H,12H2,1-2H3,(H,20,22). The summed E-state index contributed by atoms with van der Waals surface area (Å²) in [4.78, 5) is 15.3. The van der Waals surface area contributed by atoms with Gasteiger partial charge in [0.25, 0.3) is 0 Å². The van der Waals surface area contributed by atoms with E-state index in [4.69, 9.17) is 4.74 Å². The van der Waals surface area contributed by atoms with Gasteiger partial charge in [0.05, 0.1) is 7.11 Å². The second kappa shape index (κ2) is 6.57. The van der Waals surface area contributed by atoms with Crippen LogP contribution in [0.1, 0.15) is 23.5 Å². The van der Waals surface area contributed by atoms with Crippen molar-refractivity contribution in [1.82, 2.24) is 10.3 Å². The molecule has 1 atom stereocenters. The minimum Gasteiger partial charge on any atom is -0.496 e. The van der Waals surface area contributed by atoms with Gasteiger partial charge in [-0.05, 0) is 29.1 Å². The van der Waals surface area contributed by atoms with Crippen LogP contribution in [0.2, 0.25) is 0 Å². The number of ether oxygens (including phenoxy) is 1. The van der Waals surface area contributed by atoms with E-state index in [0.717, 1.165) is 27.8 Å². The Kier molecular flexibility index (Phi) is 4.33. The maximum absolute atomic E-state index is 12.0. The lowest BCUT2D eigenvalue weighted by Crippen LogP contribution is -2.21. The first-order valence-corrected chi connectivity index (χ1v) is 7.63. The zero-order chi connectivity index (χ0) is 16.2. The first-order valence-electron chi connectivity index (χ1n) is 7.63. The third-order valence-electron chi connectivity index (χ3n) is 4.16. The molecule has 0 aliphatic rings. The lowest BCUT2D eigenvalue weighted by Gasteiger charge is -2.20. The molecule has 0 aliphatic heterocycles. The number of carbonyl (C=O) groups is 1. The number of carbonyl (C=O) groups excluding carboxylic acids is 1. The number of amides is 1. The molecule has 0 saturated carbocycles. The lowest BCUT2D eigenvalue weighted by atomic mass is 9.87. The van der Waals surface area contributed by atoms with E-state index < -0.39 is 0 Å². The molecular formula is C19H20N2O2. The van der Waals surface area contributed by atoms with Crippen LogP contribution in [0.25, 0.3) is 10.9 Å². The van der Waals surface area contributed by atoms with Crippen LogP contribution in [0, 0.1) is 0 Å². The molecule has 3 aromatic rings. The van der Waals surface area contributed by atoms with E-state index in [-0.39, 0.29) is 11.8 Å². The Bertz CT molecular complexity index is 823. The monoisotopic (exact) mass is 308 g/mol. The van der Waals surface area contributed by atoms with E-state index in [1.54, 1.807) is 14.2 Å². The molecule has 0 spiro atoms. The summed E-state index contributed by atoms with van der Waals surface area (Å²) in [5.41, 5.74) is 3.18. The van der Waals surface area contributed by atoms with Crippen LogP contribution in [0.5, 0.6) is 5.75 Å². The van der Waals surface area contributed by atoms with Crippen LogP contribution in [0.4, 0.5) is 0 Å². The number of aromatic nitrogens is 1. The normalized spacial score (nSPS) is 12.1. The molecule has 1 unspecified atom stereocenters. The van der Waals surface area contributed by atoms with E-state index >= 15 is 0 Å². The van der Waals surface area contributed by atoms with E-state index in [1.165, 1.54) is 0 Å². The lowest BCUT2D eigenvalue weighted by molar-refractivity contribution is -0.120. The SMILES string of the molecule is CNC(=O)CC(c1ccc2cc[nH]c2c1)c1ccccc1OC. The van der Waals surface area contributed by atoms with E-state index in [1.807, 2.05) is 36.5 Å². The van der Waals surface area contributed by atoms with Gasteiger partial charge in [-0.1, -0.05) is 30.3 Å². The summed E-state index contributed by atoms with van der Waals surface area (Å²) in [7, 11) is 3.32. The van der Waals surface area contributed by atoms with Crippen LogP contribution in [-0.4, -0.2) is 25.0 Å². The van der Waals surface area contributed by atoms with Crippen LogP contribution in [0.3, 0.4) is 0 Å². The van der Waals surface area contributed by atoms with Gasteiger partial charge in [-0.15, -0.1) is 0 Å². The van der Waals surface area contributed by atoms with Gasteiger partial charge in [0.1, 0.15) is 5.75 Å². The van der Waals surface area contributed by atoms with Gasteiger partial charge in [0.15, 0.2) is 0 Å². The predicted octanol–water partition coefficient (Wildman–Crippen LogP) is 3.44. The van der Waals surface area contributed by atoms with Crippen LogP contribution >= 0.6 is 0 Å². The highest BCUT2D eigenvalue weighted by Gasteiger charge is 2.21. The molecule has 2 aromatic carbocycles. The number of hydrogen-bond acceptors (Lipinski definition) is 2. The van der Waals surface area contributed by atoms with E-state index in [0.29, 0.717) is 6.42 Å². The van der Waals surface area contributed by atoms with Crippen LogP contribution in [-0.2, 0) is 4.79 Å². The fourth-order valence-electron chi connectivity index (χ4n) is 2.93. The Morgan fingerprint density at radius 3 is 2.83 bits per heavy atom. The molecule has 4 heteroatoms. The van der Waals surface area contributed by atoms with E-state index in [2.05, 4.69) is 28.5 Å². The van der Waals surface area contributed by atoms with Gasteiger partial charge in [0.2, 0.25) is 5.91 Å². The average molecular weight is 308 g/mol. The van der Waals surface area contributed by atoms with Crippen LogP contribution in [0.15, 0.2) is 54.7 Å². The first-order chi connectivity index (χ1) is 11.2. The molecule has 118 valence electrons. The van der Waals surface area contributed by atoms with Gasteiger partial charge < -0.3 is 15.0 Å². The summed E-state index contributed by atoms with van der Waals surface area (Å²) in [6.45, 7) is 0. The van der Waals surface area contributed by atoms with Gasteiger partial charge >= 0.3 is 0 Å². The molecular weight excluding hydrogens is 288 g/mol. The second-order valence-corrected chi connectivity index (χ2v) is 5.50.